The van der Waals surface area contributed by atoms with Crippen LogP contribution in [-0.4, -0.2) is 50.2 Å². The van der Waals surface area contributed by atoms with E-state index in [0.29, 0.717) is 30.0 Å². The van der Waals surface area contributed by atoms with Crippen LogP contribution in [0, 0.1) is 5.92 Å². The minimum Gasteiger partial charge on any atom is -0.478 e. The van der Waals surface area contributed by atoms with Gasteiger partial charge in [0.2, 0.25) is 15.3 Å². The third-order valence-corrected chi connectivity index (χ3v) is 6.27. The summed E-state index contributed by atoms with van der Waals surface area (Å²) in [5.74, 6) is -1.71. The normalized spacial score (nSPS) is 21.4. The van der Waals surface area contributed by atoms with Gasteiger partial charge in [0.1, 0.15) is 24.0 Å². The lowest BCUT2D eigenvalue weighted by Gasteiger charge is -2.18. The zero-order chi connectivity index (χ0) is 19.6. The molecule has 2 atom stereocenters. The summed E-state index contributed by atoms with van der Waals surface area (Å²) in [6.07, 6.45) is 0. The van der Waals surface area contributed by atoms with E-state index in [4.69, 9.17) is 9.57 Å². The molecule has 7 nitrogen and oxygen atoms in total. The Morgan fingerprint density at radius 1 is 1.04 bits per heavy atom. The number of hydrogen-bond donors (Lipinski definition) is 0. The minimum absolute atomic E-state index is 0.141. The lowest BCUT2D eigenvalue weighted by molar-refractivity contribution is 0.0815. The molecule has 0 N–H and O–H groups in total. The number of rotatable bonds is 6. The molecule has 2 aromatic rings. The van der Waals surface area contributed by atoms with Crippen molar-refractivity contribution in [3.63, 3.8) is 0 Å². The van der Waals surface area contributed by atoms with Crippen LogP contribution in [0.25, 0.3) is 0 Å². The van der Waals surface area contributed by atoms with Gasteiger partial charge in [0.05, 0.1) is 6.54 Å². The van der Waals surface area contributed by atoms with E-state index in [9.17, 15) is 13.2 Å². The zero-order valence-corrected chi connectivity index (χ0v) is 15.7. The summed E-state index contributed by atoms with van der Waals surface area (Å²) in [5.41, 5.74) is -0.0835. The number of carbonyl (C=O) groups is 1. The average molecular weight is 398 g/mol. The molecule has 8 heteroatoms. The number of hydrogen-bond acceptors (Lipinski definition) is 7. The van der Waals surface area contributed by atoms with Gasteiger partial charge in [-0.1, -0.05) is 65.8 Å². The van der Waals surface area contributed by atoms with Gasteiger partial charge in [-0.05, 0) is 0 Å². The van der Waals surface area contributed by atoms with Gasteiger partial charge in [0.15, 0.2) is 11.7 Å². The van der Waals surface area contributed by atoms with Crippen molar-refractivity contribution in [2.45, 2.75) is 5.44 Å². The second-order valence-corrected chi connectivity index (χ2v) is 8.53. The van der Waals surface area contributed by atoms with Crippen LogP contribution < -0.4 is 0 Å². The van der Waals surface area contributed by atoms with Gasteiger partial charge >= 0.3 is 0 Å². The number of ether oxygens (including phenoxy) is 1. The quantitative estimate of drug-likeness (QED) is 0.695. The van der Waals surface area contributed by atoms with Crippen molar-refractivity contribution >= 4 is 27.2 Å². The van der Waals surface area contributed by atoms with Crippen molar-refractivity contribution in [3.05, 3.63) is 71.8 Å². The Morgan fingerprint density at radius 2 is 1.71 bits per heavy atom. The number of nitrogens with zero attached hydrogens (tertiary/aromatic N) is 2. The van der Waals surface area contributed by atoms with Gasteiger partial charge < -0.3 is 9.57 Å². The third-order valence-electron chi connectivity index (χ3n) is 4.56. The van der Waals surface area contributed by atoms with Crippen molar-refractivity contribution < 1.29 is 22.8 Å². The molecular weight excluding hydrogens is 380 g/mol. The minimum atomic E-state index is -3.90. The summed E-state index contributed by atoms with van der Waals surface area (Å²) >= 11 is 0. The van der Waals surface area contributed by atoms with Crippen molar-refractivity contribution in [3.8, 4) is 0 Å². The predicted octanol–water partition coefficient (Wildman–Crippen LogP) is 2.09. The lowest BCUT2D eigenvalue weighted by Crippen LogP contribution is -2.39. The standard InChI is InChI=1S/C20H18N2O5S/c23-19(15-9-5-2-6-10-15)17-18(14-7-3-1-4-8-14)22-27-20(17)28(24,25)13-16-21-11-12-26-16/h1-10,17,20H,11-13H2. The smallest absolute Gasteiger partial charge is 0.243 e. The second kappa shape index (κ2) is 7.55. The van der Waals surface area contributed by atoms with Crippen molar-refractivity contribution in [1.29, 1.82) is 0 Å². The summed E-state index contributed by atoms with van der Waals surface area (Å²) in [6.45, 7) is 0.781. The molecule has 2 heterocycles. The van der Waals surface area contributed by atoms with Crippen LogP contribution in [0.4, 0.5) is 0 Å². The Bertz CT molecular complexity index is 1030. The Kier molecular flexibility index (Phi) is 4.95. The van der Waals surface area contributed by atoms with E-state index >= 15 is 0 Å². The molecule has 2 aliphatic rings. The van der Waals surface area contributed by atoms with E-state index in [-0.39, 0.29) is 11.7 Å². The Hall–Kier alpha value is -3.00. The van der Waals surface area contributed by atoms with E-state index in [2.05, 4.69) is 10.1 Å². The first-order valence-corrected chi connectivity index (χ1v) is 10.5. The Balaban J connectivity index is 1.71. The van der Waals surface area contributed by atoms with Crippen molar-refractivity contribution in [2.24, 2.45) is 16.1 Å². The van der Waals surface area contributed by atoms with E-state index in [1.807, 2.05) is 6.07 Å². The molecule has 0 saturated heterocycles. The van der Waals surface area contributed by atoms with Gasteiger partial charge in [-0.3, -0.25) is 9.79 Å². The Labute approximate surface area is 162 Å². The molecule has 0 bridgehead atoms. The van der Waals surface area contributed by atoms with Gasteiger partial charge in [0, 0.05) is 11.1 Å². The highest BCUT2D eigenvalue weighted by atomic mass is 32.2. The van der Waals surface area contributed by atoms with Crippen molar-refractivity contribution in [2.75, 3.05) is 18.9 Å². The molecule has 2 aliphatic heterocycles. The van der Waals surface area contributed by atoms with Crippen LogP contribution in [0.15, 0.2) is 70.8 Å². The van der Waals surface area contributed by atoms with Crippen LogP contribution in [0.2, 0.25) is 0 Å². The van der Waals surface area contributed by atoms with Crippen LogP contribution in [-0.2, 0) is 19.4 Å². The van der Waals surface area contributed by atoms with Gasteiger partial charge in [-0.25, -0.2) is 8.42 Å². The molecule has 4 rings (SSSR count). The molecule has 28 heavy (non-hydrogen) atoms. The summed E-state index contributed by atoms with van der Waals surface area (Å²) in [7, 11) is -3.90. The fraction of sp³-hybridized carbons (Fsp3) is 0.250. The summed E-state index contributed by atoms with van der Waals surface area (Å²) < 4.78 is 31.2. The molecule has 0 saturated carbocycles. The number of sulfone groups is 1. The number of aliphatic imine (C=N–C) groups is 1. The number of carbonyl (C=O) groups excluding carboxylic acids is 1. The average Bonchev–Trinajstić information content (AvgIpc) is 3.38. The van der Waals surface area contributed by atoms with E-state index < -0.39 is 26.9 Å². The first-order valence-electron chi connectivity index (χ1n) is 8.82. The maximum atomic E-state index is 13.2. The maximum absolute atomic E-state index is 13.2. The highest BCUT2D eigenvalue weighted by molar-refractivity contribution is 7.92. The number of ketones is 1. The molecule has 2 aromatic carbocycles. The van der Waals surface area contributed by atoms with Crippen LogP contribution in [0.5, 0.6) is 0 Å². The summed E-state index contributed by atoms with van der Waals surface area (Å²) in [4.78, 5) is 22.6. The lowest BCUT2D eigenvalue weighted by atomic mass is 9.90. The van der Waals surface area contributed by atoms with Gasteiger partial charge in [-0.15, -0.1) is 0 Å². The van der Waals surface area contributed by atoms with E-state index in [0.717, 1.165) is 0 Å². The molecule has 0 fully saturated rings. The highest BCUT2D eigenvalue weighted by Gasteiger charge is 2.48. The second-order valence-electron chi connectivity index (χ2n) is 6.46. The summed E-state index contributed by atoms with van der Waals surface area (Å²) in [5, 5.41) is 3.99. The first kappa shape index (κ1) is 18.4. The maximum Gasteiger partial charge on any atom is 0.243 e. The van der Waals surface area contributed by atoms with Crippen LogP contribution >= 0.6 is 0 Å². The first-order chi connectivity index (χ1) is 13.6. The van der Waals surface area contributed by atoms with E-state index in [1.54, 1.807) is 54.6 Å². The summed E-state index contributed by atoms with van der Waals surface area (Å²) in [6, 6.07) is 17.5. The van der Waals surface area contributed by atoms with E-state index in [1.165, 1.54) is 0 Å². The molecule has 0 aromatic heterocycles. The Morgan fingerprint density at radius 3 is 2.36 bits per heavy atom. The molecule has 0 radical (unpaired) electrons. The number of Topliss-reactive ketones (excluding diaryl/α,β-unsaturated/α-hetero) is 1. The van der Waals surface area contributed by atoms with Crippen LogP contribution in [0.1, 0.15) is 15.9 Å². The topological polar surface area (TPSA) is 94.4 Å². The number of oxime groups is 1. The van der Waals surface area contributed by atoms with Crippen molar-refractivity contribution in [1.82, 2.24) is 0 Å². The molecule has 0 amide bonds. The SMILES string of the molecule is O=C(c1ccccc1)C1C(c2ccccc2)=NOC1S(=O)(=O)CC1=NCCO1. The third kappa shape index (κ3) is 3.55. The zero-order valence-electron chi connectivity index (χ0n) is 14.9. The fourth-order valence-electron chi connectivity index (χ4n) is 3.22. The molecule has 0 spiro atoms. The monoisotopic (exact) mass is 398 g/mol. The molecule has 0 aliphatic carbocycles. The molecule has 144 valence electrons. The predicted molar refractivity (Wildman–Crippen MR) is 104 cm³/mol. The highest BCUT2D eigenvalue weighted by Crippen LogP contribution is 2.30. The molecule has 2 unspecified atom stereocenters. The molecular formula is C20H18N2O5S. The van der Waals surface area contributed by atoms with Gasteiger partial charge in [0.25, 0.3) is 0 Å². The van der Waals surface area contributed by atoms with Crippen LogP contribution in [0.3, 0.4) is 0 Å². The fourth-order valence-corrected chi connectivity index (χ4v) is 4.74. The number of benzene rings is 2. The van der Waals surface area contributed by atoms with Gasteiger partial charge in [-0.2, -0.15) is 0 Å². The largest absolute Gasteiger partial charge is 0.478 e.